The molecule has 150 valence electrons. The van der Waals surface area contributed by atoms with Gasteiger partial charge in [-0.1, -0.05) is 18.7 Å². The van der Waals surface area contributed by atoms with Gasteiger partial charge in [0.15, 0.2) is 5.65 Å². The number of aromatic amines is 1. The van der Waals surface area contributed by atoms with Crippen LogP contribution in [0.2, 0.25) is 0 Å². The fraction of sp³-hybridized carbons (Fsp3) is 0.217. The Morgan fingerprint density at radius 3 is 3.10 bits per heavy atom. The number of carbonyl (C=O) groups excluding carboxylic acids is 1. The maximum absolute atomic E-state index is 11.7. The summed E-state index contributed by atoms with van der Waals surface area (Å²) in [6, 6.07) is 10.0. The number of nitrogens with one attached hydrogen (secondary N) is 2. The van der Waals surface area contributed by atoms with Crippen LogP contribution in [0.3, 0.4) is 0 Å². The van der Waals surface area contributed by atoms with Crippen LogP contribution in [0.1, 0.15) is 19.3 Å². The Labute approximate surface area is 173 Å². The standard InChI is InChI=1S/C23H21N5O2/c1-2-20(29)27-18-6-3-7-19(18)30-21-13-26-23-22(28-21)16(12-25-23)14-8-9-17-15(11-14)5-4-10-24-17/h2,4-5,8-13,18-19H,1,3,6-7H2,(H,25,26)(H,27,29). The molecular weight excluding hydrogens is 378 g/mol. The number of pyridine rings is 1. The van der Waals surface area contributed by atoms with E-state index >= 15 is 0 Å². The van der Waals surface area contributed by atoms with Crippen LogP contribution < -0.4 is 10.1 Å². The average Bonchev–Trinajstić information content (AvgIpc) is 3.40. The Kier molecular flexibility index (Phi) is 4.63. The number of H-pyrrole nitrogens is 1. The molecule has 2 unspecified atom stereocenters. The number of rotatable bonds is 5. The lowest BCUT2D eigenvalue weighted by Crippen LogP contribution is -2.41. The van der Waals surface area contributed by atoms with Gasteiger partial charge in [-0.25, -0.2) is 9.97 Å². The summed E-state index contributed by atoms with van der Waals surface area (Å²) in [4.78, 5) is 28.4. The van der Waals surface area contributed by atoms with Gasteiger partial charge in [0, 0.05) is 23.3 Å². The summed E-state index contributed by atoms with van der Waals surface area (Å²) in [6.07, 6.45) is 9.20. The van der Waals surface area contributed by atoms with Gasteiger partial charge in [0.25, 0.3) is 0 Å². The summed E-state index contributed by atoms with van der Waals surface area (Å²) in [5, 5.41) is 4.01. The van der Waals surface area contributed by atoms with Crippen LogP contribution in [0.4, 0.5) is 0 Å². The predicted octanol–water partition coefficient (Wildman–Crippen LogP) is 3.78. The molecule has 0 spiro atoms. The minimum absolute atomic E-state index is 0.0494. The molecule has 4 aromatic rings. The van der Waals surface area contributed by atoms with E-state index in [1.165, 1.54) is 6.08 Å². The molecule has 0 aliphatic heterocycles. The molecule has 1 fully saturated rings. The zero-order valence-electron chi connectivity index (χ0n) is 16.3. The summed E-state index contributed by atoms with van der Waals surface area (Å²) in [7, 11) is 0. The van der Waals surface area contributed by atoms with Gasteiger partial charge in [-0.2, -0.15) is 0 Å². The second-order valence-electron chi connectivity index (χ2n) is 7.43. The van der Waals surface area contributed by atoms with Gasteiger partial charge in [-0.05, 0) is 49.1 Å². The van der Waals surface area contributed by atoms with Crippen LogP contribution >= 0.6 is 0 Å². The molecule has 7 heteroatoms. The van der Waals surface area contributed by atoms with Crippen LogP contribution in [0, 0.1) is 0 Å². The monoisotopic (exact) mass is 399 g/mol. The molecular formula is C23H21N5O2. The average molecular weight is 399 g/mol. The van der Waals surface area contributed by atoms with Gasteiger partial charge < -0.3 is 15.0 Å². The minimum atomic E-state index is -0.184. The molecule has 2 N–H and O–H groups in total. The third-order valence-electron chi connectivity index (χ3n) is 5.51. The van der Waals surface area contributed by atoms with Crippen molar-refractivity contribution in [3.8, 4) is 17.0 Å². The lowest BCUT2D eigenvalue weighted by Gasteiger charge is -2.21. The maximum atomic E-state index is 11.7. The highest BCUT2D eigenvalue weighted by atomic mass is 16.5. The second kappa shape index (κ2) is 7.59. The number of hydrogen-bond donors (Lipinski definition) is 2. The highest BCUT2D eigenvalue weighted by Crippen LogP contribution is 2.30. The van der Waals surface area contributed by atoms with Gasteiger partial charge in [-0.15, -0.1) is 0 Å². The Hall–Kier alpha value is -3.74. The lowest BCUT2D eigenvalue weighted by atomic mass is 10.1. The van der Waals surface area contributed by atoms with Crippen molar-refractivity contribution in [2.45, 2.75) is 31.4 Å². The fourth-order valence-corrected chi connectivity index (χ4v) is 4.02. The van der Waals surface area contributed by atoms with E-state index in [4.69, 9.17) is 9.72 Å². The molecule has 0 saturated heterocycles. The summed E-state index contributed by atoms with van der Waals surface area (Å²) >= 11 is 0. The molecule has 1 aliphatic rings. The Morgan fingerprint density at radius 2 is 2.20 bits per heavy atom. The molecule has 7 nitrogen and oxygen atoms in total. The first kappa shape index (κ1) is 18.3. The highest BCUT2D eigenvalue weighted by Gasteiger charge is 2.30. The number of aromatic nitrogens is 4. The van der Waals surface area contributed by atoms with Gasteiger partial charge in [0.05, 0.1) is 17.8 Å². The normalized spacial score (nSPS) is 18.5. The fourth-order valence-electron chi connectivity index (χ4n) is 4.02. The van der Waals surface area contributed by atoms with Crippen LogP contribution in [0.15, 0.2) is 61.6 Å². The van der Waals surface area contributed by atoms with Gasteiger partial charge in [0.1, 0.15) is 11.6 Å². The first-order chi connectivity index (χ1) is 14.7. The largest absolute Gasteiger partial charge is 0.471 e. The maximum Gasteiger partial charge on any atom is 0.243 e. The zero-order valence-corrected chi connectivity index (χ0v) is 16.3. The minimum Gasteiger partial charge on any atom is -0.471 e. The third-order valence-corrected chi connectivity index (χ3v) is 5.51. The smallest absolute Gasteiger partial charge is 0.243 e. The van der Waals surface area contributed by atoms with Crippen molar-refractivity contribution in [2.24, 2.45) is 0 Å². The number of amides is 1. The van der Waals surface area contributed by atoms with E-state index in [1.807, 2.05) is 30.5 Å². The van der Waals surface area contributed by atoms with Gasteiger partial charge in [0.2, 0.25) is 11.8 Å². The molecule has 0 radical (unpaired) electrons. The number of benzene rings is 1. The number of carbonyl (C=O) groups is 1. The highest BCUT2D eigenvalue weighted by molar-refractivity contribution is 5.94. The lowest BCUT2D eigenvalue weighted by molar-refractivity contribution is -0.117. The molecule has 2 atom stereocenters. The molecule has 1 aromatic carbocycles. The summed E-state index contributed by atoms with van der Waals surface area (Å²) < 4.78 is 6.13. The van der Waals surface area contributed by atoms with Gasteiger partial charge in [-0.3, -0.25) is 9.78 Å². The SMILES string of the molecule is C=CC(=O)NC1CCCC1Oc1cnc2[nH]cc(-c3ccc4ncccc4c3)c2n1. The molecule has 30 heavy (non-hydrogen) atoms. The number of nitrogens with zero attached hydrogens (tertiary/aromatic N) is 3. The van der Waals surface area contributed by atoms with Crippen molar-refractivity contribution >= 4 is 28.0 Å². The van der Waals surface area contributed by atoms with Crippen molar-refractivity contribution < 1.29 is 9.53 Å². The molecule has 1 saturated carbocycles. The van der Waals surface area contributed by atoms with E-state index in [9.17, 15) is 4.79 Å². The first-order valence-electron chi connectivity index (χ1n) is 10.00. The molecule has 1 amide bonds. The van der Waals surface area contributed by atoms with Crippen molar-refractivity contribution in [3.05, 3.63) is 61.6 Å². The molecule has 3 heterocycles. The molecule has 1 aliphatic carbocycles. The van der Waals surface area contributed by atoms with Crippen LogP contribution in [-0.4, -0.2) is 38.0 Å². The number of hydrogen-bond acceptors (Lipinski definition) is 5. The summed E-state index contributed by atoms with van der Waals surface area (Å²) in [6.45, 7) is 3.51. The quantitative estimate of drug-likeness (QED) is 0.498. The van der Waals surface area contributed by atoms with Crippen molar-refractivity contribution in [2.75, 3.05) is 0 Å². The van der Waals surface area contributed by atoms with E-state index in [1.54, 1.807) is 12.4 Å². The molecule has 5 rings (SSSR count). The second-order valence-corrected chi connectivity index (χ2v) is 7.43. The summed E-state index contributed by atoms with van der Waals surface area (Å²) in [5.74, 6) is 0.270. The van der Waals surface area contributed by atoms with Gasteiger partial charge >= 0.3 is 0 Å². The van der Waals surface area contributed by atoms with E-state index in [0.29, 0.717) is 11.5 Å². The van der Waals surface area contributed by atoms with E-state index in [0.717, 1.165) is 46.8 Å². The Balaban J connectivity index is 1.45. The van der Waals surface area contributed by atoms with Crippen LogP contribution in [-0.2, 0) is 4.79 Å². The van der Waals surface area contributed by atoms with Crippen molar-refractivity contribution in [1.29, 1.82) is 0 Å². The number of fused-ring (bicyclic) bond motifs is 2. The predicted molar refractivity (Wildman–Crippen MR) is 115 cm³/mol. The topological polar surface area (TPSA) is 92.8 Å². The third kappa shape index (κ3) is 3.39. The van der Waals surface area contributed by atoms with E-state index in [-0.39, 0.29) is 18.1 Å². The number of ether oxygens (including phenoxy) is 1. The van der Waals surface area contributed by atoms with E-state index < -0.39 is 0 Å². The Bertz CT molecular complexity index is 1250. The van der Waals surface area contributed by atoms with E-state index in [2.05, 4.69) is 32.9 Å². The van der Waals surface area contributed by atoms with Crippen LogP contribution in [0.5, 0.6) is 5.88 Å². The van der Waals surface area contributed by atoms with Crippen LogP contribution in [0.25, 0.3) is 33.2 Å². The zero-order chi connectivity index (χ0) is 20.5. The summed E-state index contributed by atoms with van der Waals surface area (Å²) in [5.41, 5.74) is 4.39. The van der Waals surface area contributed by atoms with Crippen molar-refractivity contribution in [1.82, 2.24) is 25.3 Å². The molecule has 0 bridgehead atoms. The van der Waals surface area contributed by atoms with Crippen molar-refractivity contribution in [3.63, 3.8) is 0 Å². The first-order valence-corrected chi connectivity index (χ1v) is 10.00. The molecule has 3 aromatic heterocycles. The Morgan fingerprint density at radius 1 is 1.27 bits per heavy atom.